The molecule has 0 bridgehead atoms. The molecule has 0 aliphatic carbocycles. The van der Waals surface area contributed by atoms with Crippen molar-refractivity contribution in [3.63, 3.8) is 0 Å². The Labute approximate surface area is 295 Å². The first-order valence-electron chi connectivity index (χ1n) is 20.0. The number of carbonyl (C=O) groups is 2. The van der Waals surface area contributed by atoms with Gasteiger partial charge in [0.15, 0.2) is 0 Å². The van der Waals surface area contributed by atoms with E-state index < -0.39 is 17.9 Å². The van der Waals surface area contributed by atoms with Crippen molar-refractivity contribution in [2.45, 2.75) is 200 Å². The third-order valence-electron chi connectivity index (χ3n) is 8.93. The van der Waals surface area contributed by atoms with Gasteiger partial charge in [-0.1, -0.05) is 159 Å². The van der Waals surface area contributed by atoms with E-state index >= 15 is 0 Å². The van der Waals surface area contributed by atoms with Gasteiger partial charge in [-0.15, -0.1) is 0 Å². The monoisotopic (exact) mass is 669 g/mol. The molecule has 48 heavy (non-hydrogen) atoms. The number of ether oxygens (including phenoxy) is 2. The number of unbranched alkanes of at least 4 members (excludes halogenated alkanes) is 22. The number of carbonyl (C=O) groups excluding carboxylic acids is 2. The van der Waals surface area contributed by atoms with Crippen molar-refractivity contribution in [3.05, 3.63) is 60.2 Å². The number of aliphatic hydroxyl groups is 1. The predicted octanol–water partition coefficient (Wildman–Crippen LogP) is 13.0. The third kappa shape index (κ3) is 25.6. The molecular weight excluding hydrogens is 596 g/mol. The van der Waals surface area contributed by atoms with E-state index in [1.54, 1.807) is 30.3 Å². The highest BCUT2D eigenvalue weighted by atomic mass is 16.8. The second kappa shape index (κ2) is 31.8. The van der Waals surface area contributed by atoms with Crippen molar-refractivity contribution < 1.29 is 24.2 Å². The van der Waals surface area contributed by atoms with Crippen molar-refractivity contribution in [2.75, 3.05) is 0 Å². The Balaban J connectivity index is 2.20. The lowest BCUT2D eigenvalue weighted by molar-refractivity contribution is -0.336. The lowest BCUT2D eigenvalue weighted by Crippen LogP contribution is -2.37. The highest BCUT2D eigenvalue weighted by molar-refractivity contribution is 5.72. The van der Waals surface area contributed by atoms with E-state index in [1.807, 2.05) is 0 Å². The molecule has 274 valence electrons. The molecule has 1 aromatic carbocycles. The van der Waals surface area contributed by atoms with E-state index in [0.29, 0.717) is 12.8 Å². The zero-order valence-electron chi connectivity index (χ0n) is 31.1. The van der Waals surface area contributed by atoms with E-state index in [2.05, 4.69) is 38.2 Å². The number of hydrogen-bond donors (Lipinski definition) is 1. The molecule has 0 radical (unpaired) electrons. The lowest BCUT2D eigenvalue weighted by Gasteiger charge is -2.27. The van der Waals surface area contributed by atoms with Gasteiger partial charge in [0.05, 0.1) is 5.56 Å². The molecule has 0 atom stereocenters. The van der Waals surface area contributed by atoms with E-state index in [4.69, 9.17) is 9.47 Å². The van der Waals surface area contributed by atoms with Crippen LogP contribution in [0.5, 0.6) is 0 Å². The van der Waals surface area contributed by atoms with Gasteiger partial charge in [0.25, 0.3) is 0 Å². The van der Waals surface area contributed by atoms with Crippen LogP contribution in [-0.4, -0.2) is 17.0 Å². The molecule has 0 fully saturated rings. The molecule has 1 rings (SSSR count). The fraction of sp³-hybridized carbons (Fsp3) is 0.721. The van der Waals surface area contributed by atoms with E-state index in [9.17, 15) is 14.7 Å². The molecule has 5 nitrogen and oxygen atoms in total. The van der Waals surface area contributed by atoms with Crippen molar-refractivity contribution in [1.29, 1.82) is 0 Å². The van der Waals surface area contributed by atoms with E-state index in [-0.39, 0.29) is 18.4 Å². The Morgan fingerprint density at radius 3 is 1.17 bits per heavy atom. The molecule has 0 heterocycles. The summed E-state index contributed by atoms with van der Waals surface area (Å²) in [6.45, 7) is 4.51. The van der Waals surface area contributed by atoms with Crippen molar-refractivity contribution in [2.24, 2.45) is 0 Å². The van der Waals surface area contributed by atoms with Gasteiger partial charge in [-0.05, 0) is 76.3 Å². The maximum absolute atomic E-state index is 12.7. The molecule has 0 spiro atoms. The van der Waals surface area contributed by atoms with Gasteiger partial charge in [-0.2, -0.15) is 0 Å². The second-order valence-electron chi connectivity index (χ2n) is 13.6. The van der Waals surface area contributed by atoms with E-state index in [1.165, 1.54) is 89.9 Å². The van der Waals surface area contributed by atoms with Crippen LogP contribution < -0.4 is 0 Å². The standard InChI is InChI=1S/C43H72O5/c1-3-5-7-9-11-13-15-17-19-21-23-25-27-29-34-38-41(44)47-43(46,40-36-32-31-33-37-40)48-42(45)39-35-30-28-26-24-22-20-18-16-14-12-10-8-6-4-2/h17-20,31-33,36-37,46H,3-16,21-30,34-35,38-39H2,1-2H3/b19-17-,20-18-. The quantitative estimate of drug-likeness (QED) is 0.0349. The zero-order chi connectivity index (χ0) is 34.8. The first-order chi connectivity index (χ1) is 23.5. The Morgan fingerprint density at radius 2 is 0.812 bits per heavy atom. The van der Waals surface area contributed by atoms with Crippen LogP contribution in [-0.2, 0) is 25.0 Å². The minimum atomic E-state index is -2.40. The topological polar surface area (TPSA) is 72.8 Å². The Morgan fingerprint density at radius 1 is 0.500 bits per heavy atom. The van der Waals surface area contributed by atoms with Crippen LogP contribution in [0.3, 0.4) is 0 Å². The summed E-state index contributed by atoms with van der Waals surface area (Å²) >= 11 is 0. The smallest absolute Gasteiger partial charge is 0.394 e. The van der Waals surface area contributed by atoms with Gasteiger partial charge in [-0.25, -0.2) is 0 Å². The fourth-order valence-electron chi connectivity index (χ4n) is 5.88. The van der Waals surface area contributed by atoms with Gasteiger partial charge >= 0.3 is 17.9 Å². The highest BCUT2D eigenvalue weighted by Gasteiger charge is 2.38. The molecule has 1 aromatic rings. The maximum atomic E-state index is 12.7. The summed E-state index contributed by atoms with van der Waals surface area (Å²) in [6.07, 6.45) is 40.3. The molecule has 0 saturated heterocycles. The number of benzene rings is 1. The van der Waals surface area contributed by atoms with E-state index in [0.717, 1.165) is 64.2 Å². The average Bonchev–Trinajstić information content (AvgIpc) is 3.08. The summed E-state index contributed by atoms with van der Waals surface area (Å²) < 4.78 is 10.8. The van der Waals surface area contributed by atoms with Gasteiger partial charge in [0.1, 0.15) is 0 Å². The summed E-state index contributed by atoms with van der Waals surface area (Å²) in [7, 11) is 0. The summed E-state index contributed by atoms with van der Waals surface area (Å²) in [5, 5.41) is 11.2. The number of rotatable bonds is 33. The molecule has 1 N–H and O–H groups in total. The first-order valence-corrected chi connectivity index (χ1v) is 20.0. The predicted molar refractivity (Wildman–Crippen MR) is 201 cm³/mol. The average molecular weight is 669 g/mol. The van der Waals surface area contributed by atoms with Crippen LogP contribution in [0.1, 0.15) is 199 Å². The normalized spacial score (nSPS) is 11.9. The maximum Gasteiger partial charge on any atom is 0.403 e. The second-order valence-corrected chi connectivity index (χ2v) is 13.6. The van der Waals surface area contributed by atoms with Crippen molar-refractivity contribution >= 4 is 11.9 Å². The Hall–Kier alpha value is -2.40. The first kappa shape index (κ1) is 43.6. The van der Waals surface area contributed by atoms with Crippen LogP contribution in [0.2, 0.25) is 0 Å². The molecule has 5 heteroatoms. The fourth-order valence-corrected chi connectivity index (χ4v) is 5.88. The molecule has 0 aromatic heterocycles. The Bertz CT molecular complexity index is 884. The lowest BCUT2D eigenvalue weighted by atomic mass is 10.1. The SMILES string of the molecule is CCCCCCCC/C=C\CCCCCCCC(=O)OC(O)(OC(=O)CCCCCCC/C=C\CCCCCCCC)c1ccccc1. The molecule has 0 unspecified atom stereocenters. The minimum Gasteiger partial charge on any atom is -0.394 e. The van der Waals surface area contributed by atoms with Crippen LogP contribution in [0.4, 0.5) is 0 Å². The molecule has 0 amide bonds. The molecule has 0 aliphatic rings. The highest BCUT2D eigenvalue weighted by Crippen LogP contribution is 2.27. The van der Waals surface area contributed by atoms with Crippen LogP contribution >= 0.6 is 0 Å². The van der Waals surface area contributed by atoms with Gasteiger partial charge < -0.3 is 14.6 Å². The Kier molecular flexibility index (Phi) is 28.9. The molecular formula is C43H72O5. The minimum absolute atomic E-state index is 0.180. The van der Waals surface area contributed by atoms with Crippen LogP contribution in [0.25, 0.3) is 0 Å². The summed E-state index contributed by atoms with van der Waals surface area (Å²) in [5.41, 5.74) is 0.237. The largest absolute Gasteiger partial charge is 0.403 e. The van der Waals surface area contributed by atoms with Crippen LogP contribution in [0.15, 0.2) is 54.6 Å². The molecule has 0 saturated carbocycles. The number of allylic oxidation sites excluding steroid dienone is 4. The number of hydrogen-bond acceptors (Lipinski definition) is 5. The van der Waals surface area contributed by atoms with Crippen LogP contribution in [0, 0.1) is 0 Å². The van der Waals surface area contributed by atoms with Gasteiger partial charge in [0.2, 0.25) is 0 Å². The van der Waals surface area contributed by atoms with Gasteiger partial charge in [-0.3, -0.25) is 9.59 Å². The zero-order valence-corrected chi connectivity index (χ0v) is 31.1. The summed E-state index contributed by atoms with van der Waals surface area (Å²) in [5.74, 6) is -3.53. The van der Waals surface area contributed by atoms with Gasteiger partial charge in [0, 0.05) is 12.8 Å². The number of esters is 2. The van der Waals surface area contributed by atoms with Crippen molar-refractivity contribution in [1.82, 2.24) is 0 Å². The summed E-state index contributed by atoms with van der Waals surface area (Å²) in [4.78, 5) is 25.3. The van der Waals surface area contributed by atoms with Crippen molar-refractivity contribution in [3.8, 4) is 0 Å². The third-order valence-corrected chi connectivity index (χ3v) is 8.93. The summed E-state index contributed by atoms with van der Waals surface area (Å²) in [6, 6.07) is 8.44. The molecule has 0 aliphatic heterocycles.